The van der Waals surface area contributed by atoms with Gasteiger partial charge in [-0.2, -0.15) is 0 Å². The van der Waals surface area contributed by atoms with E-state index >= 15 is 0 Å². The molecule has 0 aromatic heterocycles. The lowest BCUT2D eigenvalue weighted by atomic mass is 10.2. The van der Waals surface area contributed by atoms with Crippen LogP contribution in [0.15, 0.2) is 71.5 Å². The molecule has 0 radical (unpaired) electrons. The van der Waals surface area contributed by atoms with Gasteiger partial charge in [-0.1, -0.05) is 24.9 Å². The second-order valence-corrected chi connectivity index (χ2v) is 6.35. The van der Waals surface area contributed by atoms with Gasteiger partial charge in [0.2, 0.25) is 0 Å². The zero-order valence-electron chi connectivity index (χ0n) is 14.1. The summed E-state index contributed by atoms with van der Waals surface area (Å²) in [5.74, 6) is 0.0572. The highest BCUT2D eigenvalue weighted by Gasteiger charge is 2.08. The first kappa shape index (κ1) is 18.5. The molecule has 0 aliphatic heterocycles. The Balaban J connectivity index is 2.14. The number of ether oxygens (including phenoxy) is 2. The van der Waals surface area contributed by atoms with Gasteiger partial charge in [-0.15, -0.1) is 0 Å². The summed E-state index contributed by atoms with van der Waals surface area (Å²) in [6, 6.07) is 11.2. The SMILES string of the molecule is C=CC(=O)Oc1ccc(Sc2ccc(OC(=O)C=C)c(C)c2)cc1C. The van der Waals surface area contributed by atoms with Crippen LogP contribution in [0.5, 0.6) is 11.5 Å². The average Bonchev–Trinajstić information content (AvgIpc) is 2.59. The van der Waals surface area contributed by atoms with Crippen molar-refractivity contribution in [3.05, 3.63) is 72.8 Å². The second-order valence-electron chi connectivity index (χ2n) is 5.21. The van der Waals surface area contributed by atoms with Crippen LogP contribution in [0.2, 0.25) is 0 Å². The predicted molar refractivity (Wildman–Crippen MR) is 98.1 cm³/mol. The highest BCUT2D eigenvalue weighted by atomic mass is 32.2. The predicted octanol–water partition coefficient (Wildman–Crippen LogP) is 4.64. The number of esters is 2. The van der Waals surface area contributed by atoms with E-state index in [-0.39, 0.29) is 0 Å². The number of benzene rings is 2. The summed E-state index contributed by atoms with van der Waals surface area (Å²) in [6.07, 6.45) is 2.26. The zero-order chi connectivity index (χ0) is 18.4. The third-order valence-electron chi connectivity index (χ3n) is 3.28. The molecule has 0 N–H and O–H groups in total. The smallest absolute Gasteiger partial charge is 0.335 e. The Bertz CT molecular complexity index is 770. The number of carbonyl (C=O) groups is 2. The summed E-state index contributed by atoms with van der Waals surface area (Å²) < 4.78 is 10.3. The molecule has 5 heteroatoms. The molecule has 2 rings (SSSR count). The van der Waals surface area contributed by atoms with Crippen molar-refractivity contribution >= 4 is 23.7 Å². The van der Waals surface area contributed by atoms with E-state index in [1.54, 1.807) is 23.9 Å². The number of aryl methyl sites for hydroxylation is 2. The van der Waals surface area contributed by atoms with Crippen molar-refractivity contribution in [3.63, 3.8) is 0 Å². The quantitative estimate of drug-likeness (QED) is 0.430. The molecule has 0 unspecified atom stereocenters. The van der Waals surface area contributed by atoms with Crippen LogP contribution in [0, 0.1) is 13.8 Å². The molecule has 0 atom stereocenters. The Labute approximate surface area is 151 Å². The van der Waals surface area contributed by atoms with E-state index < -0.39 is 11.9 Å². The number of rotatable bonds is 6. The maximum atomic E-state index is 11.3. The first-order valence-electron chi connectivity index (χ1n) is 7.50. The molecule has 0 aliphatic rings. The maximum Gasteiger partial charge on any atom is 0.335 e. The minimum absolute atomic E-state index is 0.483. The minimum Gasteiger partial charge on any atom is -0.423 e. The highest BCUT2D eigenvalue weighted by Crippen LogP contribution is 2.33. The molecule has 4 nitrogen and oxygen atoms in total. The normalized spacial score (nSPS) is 10.0. The molecule has 2 aromatic carbocycles. The Morgan fingerprint density at radius 3 is 1.56 bits per heavy atom. The Kier molecular flexibility index (Phi) is 6.19. The van der Waals surface area contributed by atoms with E-state index in [4.69, 9.17) is 9.47 Å². The molecule has 0 spiro atoms. The van der Waals surface area contributed by atoms with E-state index in [0.29, 0.717) is 11.5 Å². The van der Waals surface area contributed by atoms with Crippen molar-refractivity contribution < 1.29 is 19.1 Å². The monoisotopic (exact) mass is 354 g/mol. The molecule has 0 heterocycles. The summed E-state index contributed by atoms with van der Waals surface area (Å²) >= 11 is 1.56. The van der Waals surface area contributed by atoms with Crippen LogP contribution >= 0.6 is 11.8 Å². The Morgan fingerprint density at radius 1 is 0.840 bits per heavy atom. The van der Waals surface area contributed by atoms with Crippen molar-refractivity contribution in [3.8, 4) is 11.5 Å². The van der Waals surface area contributed by atoms with Gasteiger partial charge in [-0.25, -0.2) is 9.59 Å². The average molecular weight is 354 g/mol. The lowest BCUT2D eigenvalue weighted by molar-refractivity contribution is -0.129. The molecule has 25 heavy (non-hydrogen) atoms. The first-order chi connectivity index (χ1) is 11.9. The van der Waals surface area contributed by atoms with Crippen LogP contribution in [0.4, 0.5) is 0 Å². The van der Waals surface area contributed by atoms with E-state index in [2.05, 4.69) is 13.2 Å². The number of hydrogen-bond donors (Lipinski definition) is 0. The highest BCUT2D eigenvalue weighted by molar-refractivity contribution is 7.99. The summed E-state index contributed by atoms with van der Waals surface area (Å²) in [7, 11) is 0. The van der Waals surface area contributed by atoms with Crippen LogP contribution in [0.25, 0.3) is 0 Å². The van der Waals surface area contributed by atoms with Crippen molar-refractivity contribution in [1.82, 2.24) is 0 Å². The summed E-state index contributed by atoms with van der Waals surface area (Å²) in [5, 5.41) is 0. The topological polar surface area (TPSA) is 52.6 Å². The molecule has 0 saturated carbocycles. The van der Waals surface area contributed by atoms with Crippen molar-refractivity contribution in [2.75, 3.05) is 0 Å². The van der Waals surface area contributed by atoms with Gasteiger partial charge in [-0.3, -0.25) is 0 Å². The van der Waals surface area contributed by atoms with Crippen molar-refractivity contribution in [2.45, 2.75) is 23.6 Å². The van der Waals surface area contributed by atoms with Gasteiger partial charge < -0.3 is 9.47 Å². The summed E-state index contributed by atoms with van der Waals surface area (Å²) in [6.45, 7) is 10.5. The van der Waals surface area contributed by atoms with E-state index in [9.17, 15) is 9.59 Å². The van der Waals surface area contributed by atoms with E-state index in [1.807, 2.05) is 38.1 Å². The van der Waals surface area contributed by atoms with Crippen LogP contribution in [-0.4, -0.2) is 11.9 Å². The fourth-order valence-electron chi connectivity index (χ4n) is 2.04. The van der Waals surface area contributed by atoms with Crippen molar-refractivity contribution in [2.24, 2.45) is 0 Å². The fourth-order valence-corrected chi connectivity index (χ4v) is 3.05. The molecule has 0 amide bonds. The van der Waals surface area contributed by atoms with Crippen LogP contribution in [0.1, 0.15) is 11.1 Å². The van der Waals surface area contributed by atoms with Crippen LogP contribution in [0.3, 0.4) is 0 Å². The minimum atomic E-state index is -0.483. The Hall–Kier alpha value is -2.79. The summed E-state index contributed by atoms with van der Waals surface area (Å²) in [4.78, 5) is 24.6. The number of carbonyl (C=O) groups excluding carboxylic acids is 2. The van der Waals surface area contributed by atoms with Crippen LogP contribution in [-0.2, 0) is 9.59 Å². The molecule has 128 valence electrons. The third kappa shape index (κ3) is 5.09. The van der Waals surface area contributed by atoms with E-state index in [0.717, 1.165) is 33.1 Å². The lowest BCUT2D eigenvalue weighted by Crippen LogP contribution is -2.04. The standard InChI is InChI=1S/C20H18O4S/c1-5-19(21)23-17-9-7-15(11-13(17)3)25-16-8-10-18(14(4)12-16)24-20(22)6-2/h5-12H,1-2H2,3-4H3. The lowest BCUT2D eigenvalue weighted by Gasteiger charge is -2.10. The van der Waals surface area contributed by atoms with Gasteiger partial charge in [-0.05, 0) is 61.4 Å². The third-order valence-corrected chi connectivity index (χ3v) is 4.26. The van der Waals surface area contributed by atoms with Crippen molar-refractivity contribution in [1.29, 1.82) is 0 Å². The summed E-state index contributed by atoms with van der Waals surface area (Å²) in [5.41, 5.74) is 1.71. The molecule has 0 fully saturated rings. The van der Waals surface area contributed by atoms with Gasteiger partial charge in [0.25, 0.3) is 0 Å². The molecular formula is C20H18O4S. The van der Waals surface area contributed by atoms with E-state index in [1.165, 1.54) is 0 Å². The molecule has 0 saturated heterocycles. The Morgan fingerprint density at radius 2 is 1.24 bits per heavy atom. The maximum absolute atomic E-state index is 11.3. The van der Waals surface area contributed by atoms with Gasteiger partial charge in [0.05, 0.1) is 0 Å². The van der Waals surface area contributed by atoms with Gasteiger partial charge >= 0.3 is 11.9 Å². The van der Waals surface area contributed by atoms with Gasteiger partial charge in [0, 0.05) is 21.9 Å². The van der Waals surface area contributed by atoms with Crippen LogP contribution < -0.4 is 9.47 Å². The molecule has 0 aliphatic carbocycles. The van der Waals surface area contributed by atoms with Gasteiger partial charge in [0.1, 0.15) is 11.5 Å². The zero-order valence-corrected chi connectivity index (χ0v) is 14.9. The molecular weight excluding hydrogens is 336 g/mol. The first-order valence-corrected chi connectivity index (χ1v) is 8.32. The molecule has 0 bridgehead atoms. The van der Waals surface area contributed by atoms with Gasteiger partial charge in [0.15, 0.2) is 0 Å². The number of hydrogen-bond acceptors (Lipinski definition) is 5. The fraction of sp³-hybridized carbons (Fsp3) is 0.100. The largest absolute Gasteiger partial charge is 0.423 e. The second kappa shape index (κ2) is 8.35. The molecule has 2 aromatic rings.